The Labute approximate surface area is 105 Å². The molecule has 1 aliphatic carbocycles. The standard InChI is InChI=1S/C12H16N6/c1-14-10-6-11(17-12(13)16-10)18-7-15-8-4-2-3-5-9(8)18/h6-7H,2-5H2,1H3,(H3,13,14,16,17). The van der Waals surface area contributed by atoms with E-state index in [0.29, 0.717) is 0 Å². The molecule has 94 valence electrons. The molecule has 3 N–H and O–H groups in total. The molecule has 0 saturated heterocycles. The van der Waals surface area contributed by atoms with Crippen molar-refractivity contribution in [1.82, 2.24) is 19.5 Å². The van der Waals surface area contributed by atoms with Crippen LogP contribution in [0.4, 0.5) is 11.8 Å². The van der Waals surface area contributed by atoms with Gasteiger partial charge in [0.25, 0.3) is 0 Å². The Kier molecular flexibility index (Phi) is 2.62. The molecule has 0 amide bonds. The van der Waals surface area contributed by atoms with Crippen LogP contribution in [0.25, 0.3) is 5.82 Å². The fourth-order valence-electron chi connectivity index (χ4n) is 2.37. The molecule has 0 spiro atoms. The molecule has 0 atom stereocenters. The largest absolute Gasteiger partial charge is 0.373 e. The molecule has 0 radical (unpaired) electrons. The zero-order valence-electron chi connectivity index (χ0n) is 10.3. The van der Waals surface area contributed by atoms with Crippen LogP contribution in [0.1, 0.15) is 24.2 Å². The third kappa shape index (κ3) is 1.79. The van der Waals surface area contributed by atoms with E-state index in [1.165, 1.54) is 24.2 Å². The van der Waals surface area contributed by atoms with Crippen LogP contribution in [0.3, 0.4) is 0 Å². The Morgan fingerprint density at radius 2 is 2.11 bits per heavy atom. The van der Waals surface area contributed by atoms with Gasteiger partial charge in [0.2, 0.25) is 5.95 Å². The Hall–Kier alpha value is -2.11. The summed E-state index contributed by atoms with van der Waals surface area (Å²) in [5.74, 6) is 1.77. The van der Waals surface area contributed by atoms with Crippen molar-refractivity contribution in [3.05, 3.63) is 23.8 Å². The van der Waals surface area contributed by atoms with Gasteiger partial charge in [0.05, 0.1) is 5.69 Å². The molecule has 2 aromatic heterocycles. The summed E-state index contributed by atoms with van der Waals surface area (Å²) in [6.45, 7) is 0. The molecule has 0 saturated carbocycles. The molecular weight excluding hydrogens is 228 g/mol. The summed E-state index contributed by atoms with van der Waals surface area (Å²) in [4.78, 5) is 12.8. The van der Waals surface area contributed by atoms with Crippen LogP contribution in [0.2, 0.25) is 0 Å². The molecule has 6 heteroatoms. The molecule has 0 unspecified atom stereocenters. The van der Waals surface area contributed by atoms with Crippen LogP contribution < -0.4 is 11.1 Å². The Morgan fingerprint density at radius 3 is 2.94 bits per heavy atom. The molecule has 2 heterocycles. The van der Waals surface area contributed by atoms with E-state index in [1.54, 1.807) is 0 Å². The van der Waals surface area contributed by atoms with Gasteiger partial charge in [-0.1, -0.05) is 0 Å². The van der Waals surface area contributed by atoms with Crippen molar-refractivity contribution in [2.45, 2.75) is 25.7 Å². The minimum Gasteiger partial charge on any atom is -0.373 e. The number of nitrogens with one attached hydrogen (secondary N) is 1. The third-order valence-electron chi connectivity index (χ3n) is 3.26. The number of aryl methyl sites for hydroxylation is 1. The quantitative estimate of drug-likeness (QED) is 0.828. The molecule has 6 nitrogen and oxygen atoms in total. The monoisotopic (exact) mass is 244 g/mol. The van der Waals surface area contributed by atoms with Gasteiger partial charge in [0.1, 0.15) is 18.0 Å². The average molecular weight is 244 g/mol. The second-order valence-corrected chi connectivity index (χ2v) is 4.43. The number of imidazole rings is 1. The zero-order valence-corrected chi connectivity index (χ0v) is 10.3. The van der Waals surface area contributed by atoms with Gasteiger partial charge in [-0.05, 0) is 25.7 Å². The summed E-state index contributed by atoms with van der Waals surface area (Å²) < 4.78 is 2.02. The minimum absolute atomic E-state index is 0.273. The molecule has 0 fully saturated rings. The summed E-state index contributed by atoms with van der Waals surface area (Å²) >= 11 is 0. The zero-order chi connectivity index (χ0) is 12.5. The minimum atomic E-state index is 0.273. The van der Waals surface area contributed by atoms with Gasteiger partial charge in [-0.3, -0.25) is 4.57 Å². The highest BCUT2D eigenvalue weighted by molar-refractivity contribution is 5.46. The fraction of sp³-hybridized carbons (Fsp3) is 0.417. The maximum atomic E-state index is 5.72. The number of aromatic nitrogens is 4. The van der Waals surface area contributed by atoms with E-state index in [2.05, 4.69) is 20.3 Å². The van der Waals surface area contributed by atoms with Crippen molar-refractivity contribution in [1.29, 1.82) is 0 Å². The number of nitrogens with two attached hydrogens (primary N) is 1. The number of hydrogen-bond donors (Lipinski definition) is 2. The number of rotatable bonds is 2. The van der Waals surface area contributed by atoms with Gasteiger partial charge in [-0.15, -0.1) is 0 Å². The lowest BCUT2D eigenvalue weighted by molar-refractivity contribution is 0.654. The highest BCUT2D eigenvalue weighted by Gasteiger charge is 2.17. The van der Waals surface area contributed by atoms with Crippen molar-refractivity contribution >= 4 is 11.8 Å². The molecule has 0 aromatic carbocycles. The van der Waals surface area contributed by atoms with Crippen LogP contribution in [-0.4, -0.2) is 26.6 Å². The van der Waals surface area contributed by atoms with E-state index in [1.807, 2.05) is 24.0 Å². The van der Waals surface area contributed by atoms with E-state index in [0.717, 1.165) is 24.5 Å². The van der Waals surface area contributed by atoms with E-state index in [9.17, 15) is 0 Å². The van der Waals surface area contributed by atoms with Crippen LogP contribution in [0.15, 0.2) is 12.4 Å². The van der Waals surface area contributed by atoms with Gasteiger partial charge in [-0.2, -0.15) is 9.97 Å². The van der Waals surface area contributed by atoms with E-state index < -0.39 is 0 Å². The van der Waals surface area contributed by atoms with Gasteiger partial charge in [-0.25, -0.2) is 4.98 Å². The highest BCUT2D eigenvalue weighted by Crippen LogP contribution is 2.23. The van der Waals surface area contributed by atoms with Crippen LogP contribution >= 0.6 is 0 Å². The molecule has 1 aliphatic rings. The van der Waals surface area contributed by atoms with Gasteiger partial charge < -0.3 is 11.1 Å². The first-order valence-corrected chi connectivity index (χ1v) is 6.15. The van der Waals surface area contributed by atoms with Gasteiger partial charge in [0.15, 0.2) is 0 Å². The molecule has 0 bridgehead atoms. The maximum absolute atomic E-state index is 5.72. The second-order valence-electron chi connectivity index (χ2n) is 4.43. The third-order valence-corrected chi connectivity index (χ3v) is 3.26. The lowest BCUT2D eigenvalue weighted by Crippen LogP contribution is -2.10. The van der Waals surface area contributed by atoms with E-state index >= 15 is 0 Å². The average Bonchev–Trinajstić information content (AvgIpc) is 2.81. The van der Waals surface area contributed by atoms with Crippen molar-refractivity contribution in [3.8, 4) is 5.82 Å². The number of hydrogen-bond acceptors (Lipinski definition) is 5. The lowest BCUT2D eigenvalue weighted by Gasteiger charge is -2.14. The molecule has 3 rings (SSSR count). The summed E-state index contributed by atoms with van der Waals surface area (Å²) in [5, 5.41) is 2.99. The maximum Gasteiger partial charge on any atom is 0.223 e. The Bertz CT molecular complexity index is 574. The normalized spacial score (nSPS) is 14.3. The summed E-state index contributed by atoms with van der Waals surface area (Å²) in [6, 6.07) is 1.88. The predicted molar refractivity (Wildman–Crippen MR) is 69.8 cm³/mol. The smallest absolute Gasteiger partial charge is 0.223 e. The number of fused-ring (bicyclic) bond motifs is 1. The fourth-order valence-corrected chi connectivity index (χ4v) is 2.37. The van der Waals surface area contributed by atoms with Crippen LogP contribution in [-0.2, 0) is 12.8 Å². The van der Waals surface area contributed by atoms with Gasteiger partial charge >= 0.3 is 0 Å². The van der Waals surface area contributed by atoms with E-state index in [-0.39, 0.29) is 5.95 Å². The number of nitrogen functional groups attached to an aromatic ring is 1. The summed E-state index contributed by atoms with van der Waals surface area (Å²) in [6.07, 6.45) is 6.36. The number of nitrogens with zero attached hydrogens (tertiary/aromatic N) is 4. The molecule has 0 aliphatic heterocycles. The highest BCUT2D eigenvalue weighted by atomic mass is 15.2. The van der Waals surface area contributed by atoms with Gasteiger partial charge in [0, 0.05) is 18.8 Å². The van der Waals surface area contributed by atoms with E-state index in [4.69, 9.17) is 5.73 Å². The summed E-state index contributed by atoms with van der Waals surface area (Å²) in [5.41, 5.74) is 8.16. The predicted octanol–water partition coefficient (Wildman–Crippen LogP) is 1.16. The molecule has 2 aromatic rings. The van der Waals surface area contributed by atoms with Crippen molar-refractivity contribution in [2.24, 2.45) is 0 Å². The lowest BCUT2D eigenvalue weighted by atomic mass is 10.0. The molecular formula is C12H16N6. The van der Waals surface area contributed by atoms with Crippen molar-refractivity contribution in [2.75, 3.05) is 18.1 Å². The Morgan fingerprint density at radius 1 is 1.28 bits per heavy atom. The van der Waals surface area contributed by atoms with Crippen LogP contribution in [0.5, 0.6) is 0 Å². The van der Waals surface area contributed by atoms with Crippen molar-refractivity contribution < 1.29 is 0 Å². The number of anilines is 2. The second kappa shape index (κ2) is 4.29. The van der Waals surface area contributed by atoms with Crippen LogP contribution in [0, 0.1) is 0 Å². The molecule has 18 heavy (non-hydrogen) atoms. The first-order valence-electron chi connectivity index (χ1n) is 6.15. The van der Waals surface area contributed by atoms with Crippen molar-refractivity contribution in [3.63, 3.8) is 0 Å². The summed E-state index contributed by atoms with van der Waals surface area (Å²) in [7, 11) is 1.81. The topological polar surface area (TPSA) is 81.7 Å². The first-order chi connectivity index (χ1) is 8.78. The Balaban J connectivity index is 2.09. The first kappa shape index (κ1) is 11.0. The SMILES string of the molecule is CNc1cc(-n2cnc3c2CCCC3)nc(N)n1.